The smallest absolute Gasteiger partial charge is 0.282 e. The highest BCUT2D eigenvalue weighted by atomic mass is 35.5. The number of carbonyl (C=O) groups excluding carboxylic acids is 2. The summed E-state index contributed by atoms with van der Waals surface area (Å²) < 4.78 is 0. The Kier molecular flexibility index (Phi) is 5.58. The van der Waals surface area contributed by atoms with Crippen molar-refractivity contribution < 1.29 is 9.59 Å². The van der Waals surface area contributed by atoms with Gasteiger partial charge in [0.1, 0.15) is 5.70 Å². The SMILES string of the molecule is CN1CCN(C2=C(c3ccc(Cl)cc3Cl)C(=O)N(c3ccccc3Cl)C2=O)CC1. The molecule has 0 atom stereocenters. The zero-order valence-corrected chi connectivity index (χ0v) is 17.9. The quantitative estimate of drug-likeness (QED) is 0.658. The molecule has 0 saturated carbocycles. The van der Waals surface area contributed by atoms with E-state index < -0.39 is 11.8 Å². The second-order valence-electron chi connectivity index (χ2n) is 7.04. The first-order valence-corrected chi connectivity index (χ1v) is 10.3. The molecule has 2 aliphatic heterocycles. The molecular formula is C21H18Cl3N3O2. The van der Waals surface area contributed by atoms with Gasteiger partial charge in [-0.05, 0) is 31.3 Å². The molecule has 1 fully saturated rings. The molecule has 0 aromatic heterocycles. The van der Waals surface area contributed by atoms with E-state index in [1.807, 2.05) is 11.9 Å². The molecule has 4 rings (SSSR count). The molecule has 2 aliphatic rings. The van der Waals surface area contributed by atoms with Crippen molar-refractivity contribution in [3.05, 3.63) is 68.8 Å². The topological polar surface area (TPSA) is 43.9 Å². The predicted octanol–water partition coefficient (Wildman–Crippen LogP) is 4.18. The van der Waals surface area contributed by atoms with E-state index in [0.717, 1.165) is 18.0 Å². The van der Waals surface area contributed by atoms with Crippen LogP contribution in [0.25, 0.3) is 5.57 Å². The summed E-state index contributed by atoms with van der Waals surface area (Å²) in [6, 6.07) is 11.7. The lowest BCUT2D eigenvalue weighted by molar-refractivity contribution is -0.120. The van der Waals surface area contributed by atoms with Crippen LogP contribution >= 0.6 is 34.8 Å². The Labute approximate surface area is 184 Å². The number of anilines is 1. The molecule has 2 heterocycles. The van der Waals surface area contributed by atoms with Crippen molar-refractivity contribution in [3.8, 4) is 0 Å². The van der Waals surface area contributed by atoms with E-state index in [9.17, 15) is 9.59 Å². The molecule has 0 spiro atoms. The summed E-state index contributed by atoms with van der Waals surface area (Å²) in [4.78, 5) is 32.2. The fourth-order valence-electron chi connectivity index (χ4n) is 3.63. The van der Waals surface area contributed by atoms with Gasteiger partial charge in [-0.1, -0.05) is 53.0 Å². The number of para-hydroxylation sites is 1. The molecule has 5 nitrogen and oxygen atoms in total. The fraction of sp³-hybridized carbons (Fsp3) is 0.238. The largest absolute Gasteiger partial charge is 0.364 e. The minimum absolute atomic E-state index is 0.279. The first-order valence-electron chi connectivity index (χ1n) is 9.15. The summed E-state index contributed by atoms with van der Waals surface area (Å²) in [5, 5.41) is 1.11. The number of benzene rings is 2. The molecule has 1 saturated heterocycles. The van der Waals surface area contributed by atoms with Crippen LogP contribution < -0.4 is 4.90 Å². The molecule has 0 bridgehead atoms. The van der Waals surface area contributed by atoms with Gasteiger partial charge in [0.2, 0.25) is 0 Å². The summed E-state index contributed by atoms with van der Waals surface area (Å²) >= 11 is 18.8. The Balaban J connectivity index is 1.86. The van der Waals surface area contributed by atoms with Crippen molar-refractivity contribution in [1.82, 2.24) is 9.80 Å². The van der Waals surface area contributed by atoms with Gasteiger partial charge < -0.3 is 9.80 Å². The number of piperazine rings is 1. The molecule has 0 aliphatic carbocycles. The lowest BCUT2D eigenvalue weighted by atomic mass is 10.0. The molecule has 8 heteroatoms. The standard InChI is InChI=1S/C21H18Cl3N3O2/c1-25-8-10-26(11-9-25)19-18(14-7-6-13(22)12-16(14)24)20(28)27(21(19)29)17-5-3-2-4-15(17)23/h2-7,12H,8-11H2,1H3. The van der Waals surface area contributed by atoms with Gasteiger partial charge in [0, 0.05) is 36.8 Å². The third kappa shape index (κ3) is 3.64. The predicted molar refractivity (Wildman–Crippen MR) is 116 cm³/mol. The van der Waals surface area contributed by atoms with Gasteiger partial charge in [-0.3, -0.25) is 9.59 Å². The highest BCUT2D eigenvalue weighted by Gasteiger charge is 2.44. The highest BCUT2D eigenvalue weighted by Crippen LogP contribution is 2.40. The third-order valence-electron chi connectivity index (χ3n) is 5.17. The van der Waals surface area contributed by atoms with Gasteiger partial charge in [-0.2, -0.15) is 0 Å². The zero-order chi connectivity index (χ0) is 20.7. The summed E-state index contributed by atoms with van der Waals surface area (Å²) in [5.74, 6) is -0.838. The van der Waals surface area contributed by atoms with E-state index in [4.69, 9.17) is 34.8 Å². The van der Waals surface area contributed by atoms with E-state index >= 15 is 0 Å². The number of imide groups is 1. The van der Waals surface area contributed by atoms with Crippen LogP contribution in [0.2, 0.25) is 15.1 Å². The molecule has 0 N–H and O–H groups in total. The first-order chi connectivity index (χ1) is 13.9. The molecule has 0 radical (unpaired) electrons. The number of hydrogen-bond acceptors (Lipinski definition) is 4. The molecule has 2 amide bonds. The van der Waals surface area contributed by atoms with Gasteiger partial charge in [0.05, 0.1) is 21.3 Å². The van der Waals surface area contributed by atoms with E-state index in [1.54, 1.807) is 42.5 Å². The monoisotopic (exact) mass is 449 g/mol. The van der Waals surface area contributed by atoms with E-state index in [-0.39, 0.29) is 5.57 Å². The maximum atomic E-state index is 13.5. The Morgan fingerprint density at radius 3 is 2.17 bits per heavy atom. The van der Waals surface area contributed by atoms with Crippen molar-refractivity contribution in [2.75, 3.05) is 38.1 Å². The van der Waals surface area contributed by atoms with Crippen molar-refractivity contribution in [3.63, 3.8) is 0 Å². The van der Waals surface area contributed by atoms with Crippen LogP contribution in [0.3, 0.4) is 0 Å². The summed E-state index contributed by atoms with van der Waals surface area (Å²) in [7, 11) is 2.03. The average Bonchev–Trinajstić information content (AvgIpc) is 2.94. The minimum atomic E-state index is -0.443. The zero-order valence-electron chi connectivity index (χ0n) is 15.7. The number of carbonyl (C=O) groups is 2. The van der Waals surface area contributed by atoms with Crippen molar-refractivity contribution in [1.29, 1.82) is 0 Å². The van der Waals surface area contributed by atoms with Crippen LogP contribution in [0.5, 0.6) is 0 Å². The van der Waals surface area contributed by atoms with Crippen molar-refractivity contribution in [2.45, 2.75) is 0 Å². The number of nitrogens with zero attached hydrogens (tertiary/aromatic N) is 3. The van der Waals surface area contributed by atoms with E-state index in [0.29, 0.717) is 45.1 Å². The molecular weight excluding hydrogens is 433 g/mol. The lowest BCUT2D eigenvalue weighted by Gasteiger charge is -2.34. The molecule has 150 valence electrons. The Bertz CT molecular complexity index is 1030. The second-order valence-corrected chi connectivity index (χ2v) is 8.29. The second kappa shape index (κ2) is 8.00. The van der Waals surface area contributed by atoms with Gasteiger partial charge in [-0.15, -0.1) is 0 Å². The van der Waals surface area contributed by atoms with Crippen LogP contribution in [0.1, 0.15) is 5.56 Å². The summed E-state index contributed by atoms with van der Waals surface area (Å²) in [5.41, 5.74) is 1.47. The van der Waals surface area contributed by atoms with Crippen LogP contribution in [0, 0.1) is 0 Å². The van der Waals surface area contributed by atoms with E-state index in [2.05, 4.69) is 4.90 Å². The fourth-order valence-corrected chi connectivity index (χ4v) is 4.35. The number of rotatable bonds is 3. The third-order valence-corrected chi connectivity index (χ3v) is 6.04. The van der Waals surface area contributed by atoms with Gasteiger partial charge >= 0.3 is 0 Å². The minimum Gasteiger partial charge on any atom is -0.364 e. The maximum Gasteiger partial charge on any atom is 0.282 e. The summed E-state index contributed by atoms with van der Waals surface area (Å²) in [6.07, 6.45) is 0. The number of likely N-dealkylation sites (N-methyl/N-ethyl adjacent to an activating group) is 1. The molecule has 2 aromatic carbocycles. The number of halogens is 3. The Morgan fingerprint density at radius 1 is 0.828 bits per heavy atom. The first kappa shape index (κ1) is 20.2. The van der Waals surface area contributed by atoms with Gasteiger partial charge in [0.15, 0.2) is 0 Å². The molecule has 29 heavy (non-hydrogen) atoms. The normalized spacial score (nSPS) is 18.2. The Hall–Kier alpha value is -2.05. The Morgan fingerprint density at radius 2 is 1.52 bits per heavy atom. The van der Waals surface area contributed by atoms with Crippen LogP contribution in [0.4, 0.5) is 5.69 Å². The molecule has 2 aromatic rings. The van der Waals surface area contributed by atoms with Crippen molar-refractivity contribution >= 4 is 57.9 Å². The van der Waals surface area contributed by atoms with Crippen LogP contribution in [-0.2, 0) is 9.59 Å². The maximum absolute atomic E-state index is 13.5. The average molecular weight is 451 g/mol. The lowest BCUT2D eigenvalue weighted by Crippen LogP contribution is -2.46. The van der Waals surface area contributed by atoms with Crippen LogP contribution in [-0.4, -0.2) is 54.8 Å². The van der Waals surface area contributed by atoms with Crippen LogP contribution in [0.15, 0.2) is 48.2 Å². The number of amides is 2. The molecule has 0 unspecified atom stereocenters. The highest BCUT2D eigenvalue weighted by molar-refractivity contribution is 6.49. The number of hydrogen-bond donors (Lipinski definition) is 0. The van der Waals surface area contributed by atoms with Gasteiger partial charge in [0.25, 0.3) is 11.8 Å². The summed E-state index contributed by atoms with van der Waals surface area (Å²) in [6.45, 7) is 2.85. The van der Waals surface area contributed by atoms with Gasteiger partial charge in [-0.25, -0.2) is 4.90 Å². The van der Waals surface area contributed by atoms with E-state index in [1.165, 1.54) is 0 Å². The van der Waals surface area contributed by atoms with Crippen molar-refractivity contribution in [2.24, 2.45) is 0 Å².